The smallest absolute Gasteiger partial charge is 0.159 e. The number of hydrogen-bond acceptors (Lipinski definition) is 3. The largest absolute Gasteiger partial charge is 0.350 e. The Balaban J connectivity index is 0.00000120. The molecule has 0 saturated carbocycles. The first kappa shape index (κ1) is 13.7. The van der Waals surface area contributed by atoms with Gasteiger partial charge in [0.15, 0.2) is 5.17 Å². The molecule has 2 aliphatic rings. The maximum absolute atomic E-state index is 12.9. The van der Waals surface area contributed by atoms with Gasteiger partial charge in [-0.3, -0.25) is 4.99 Å². The van der Waals surface area contributed by atoms with Gasteiger partial charge in [-0.1, -0.05) is 23.9 Å². The van der Waals surface area contributed by atoms with Crippen molar-refractivity contribution in [2.75, 3.05) is 25.4 Å². The monoisotopic (exact) mass is 286 g/mol. The standard InChI is InChI=1S/C13H15FN2S.ClH/c14-12-3-1-10(2-4-12)11-5-7-16-8-6-15-13(16)17-9-11;/h1-4,11H,5-9H2;1H. The van der Waals surface area contributed by atoms with E-state index in [9.17, 15) is 4.39 Å². The molecule has 5 heteroatoms. The third-order valence-electron chi connectivity index (χ3n) is 3.39. The van der Waals surface area contributed by atoms with Crippen molar-refractivity contribution >= 4 is 29.3 Å². The number of thioether (sulfide) groups is 1. The Morgan fingerprint density at radius 2 is 2.00 bits per heavy atom. The quantitative estimate of drug-likeness (QED) is 0.788. The Bertz CT molecular complexity index is 435. The van der Waals surface area contributed by atoms with Crippen LogP contribution in [0, 0.1) is 5.82 Å². The SMILES string of the molecule is Cl.Fc1ccc(C2CCN3CCN=C3SC2)cc1. The first-order chi connectivity index (χ1) is 8.33. The lowest BCUT2D eigenvalue weighted by atomic mass is 9.97. The summed E-state index contributed by atoms with van der Waals surface area (Å²) in [6, 6.07) is 6.95. The molecule has 2 nitrogen and oxygen atoms in total. The molecule has 1 atom stereocenters. The maximum atomic E-state index is 12.9. The third-order valence-corrected chi connectivity index (χ3v) is 4.60. The van der Waals surface area contributed by atoms with Crippen LogP contribution in [0.3, 0.4) is 0 Å². The molecule has 0 spiro atoms. The lowest BCUT2D eigenvalue weighted by Gasteiger charge is -2.16. The third kappa shape index (κ3) is 2.81. The van der Waals surface area contributed by atoms with Gasteiger partial charge < -0.3 is 4.90 Å². The van der Waals surface area contributed by atoms with Crippen molar-refractivity contribution in [1.29, 1.82) is 0 Å². The van der Waals surface area contributed by atoms with Gasteiger partial charge in [0.05, 0.1) is 6.54 Å². The molecule has 0 N–H and O–H groups in total. The van der Waals surface area contributed by atoms with Gasteiger partial charge in [0.2, 0.25) is 0 Å². The number of benzene rings is 1. The van der Waals surface area contributed by atoms with Crippen LogP contribution in [0.1, 0.15) is 17.9 Å². The molecule has 98 valence electrons. The molecule has 2 aliphatic heterocycles. The molecule has 1 saturated heterocycles. The van der Waals surface area contributed by atoms with E-state index in [0.29, 0.717) is 5.92 Å². The van der Waals surface area contributed by atoms with E-state index >= 15 is 0 Å². The van der Waals surface area contributed by atoms with Crippen LogP contribution in [0.25, 0.3) is 0 Å². The highest BCUT2D eigenvalue weighted by atomic mass is 35.5. The fourth-order valence-electron chi connectivity index (χ4n) is 2.37. The van der Waals surface area contributed by atoms with Gasteiger partial charge in [-0.25, -0.2) is 4.39 Å². The zero-order valence-electron chi connectivity index (χ0n) is 10.0. The van der Waals surface area contributed by atoms with Crippen molar-refractivity contribution in [2.45, 2.75) is 12.3 Å². The van der Waals surface area contributed by atoms with Crippen LogP contribution in [-0.2, 0) is 0 Å². The van der Waals surface area contributed by atoms with Crippen LogP contribution in [0.2, 0.25) is 0 Å². The van der Waals surface area contributed by atoms with Crippen LogP contribution in [0.5, 0.6) is 0 Å². The molecule has 1 unspecified atom stereocenters. The minimum atomic E-state index is -0.153. The summed E-state index contributed by atoms with van der Waals surface area (Å²) in [4.78, 5) is 6.87. The van der Waals surface area contributed by atoms with Crippen molar-refractivity contribution in [3.63, 3.8) is 0 Å². The summed E-state index contributed by atoms with van der Waals surface area (Å²) in [6.45, 7) is 3.09. The van der Waals surface area contributed by atoms with Crippen LogP contribution in [-0.4, -0.2) is 35.5 Å². The first-order valence-electron chi connectivity index (χ1n) is 6.00. The topological polar surface area (TPSA) is 15.6 Å². The number of aliphatic imine (C=N–C) groups is 1. The van der Waals surface area contributed by atoms with E-state index in [1.807, 2.05) is 23.9 Å². The van der Waals surface area contributed by atoms with Gasteiger partial charge in [-0.05, 0) is 30.0 Å². The highest BCUT2D eigenvalue weighted by Gasteiger charge is 2.24. The number of rotatable bonds is 1. The molecular weight excluding hydrogens is 271 g/mol. The van der Waals surface area contributed by atoms with Crippen molar-refractivity contribution < 1.29 is 4.39 Å². The van der Waals surface area contributed by atoms with Crippen molar-refractivity contribution in [3.8, 4) is 0 Å². The van der Waals surface area contributed by atoms with E-state index in [4.69, 9.17) is 0 Å². The molecule has 0 amide bonds. The van der Waals surface area contributed by atoms with E-state index < -0.39 is 0 Å². The molecule has 0 bridgehead atoms. The van der Waals surface area contributed by atoms with E-state index in [2.05, 4.69) is 9.89 Å². The molecule has 1 fully saturated rings. The Hall–Kier alpha value is -0.740. The second-order valence-electron chi connectivity index (χ2n) is 4.50. The lowest BCUT2D eigenvalue weighted by molar-refractivity contribution is 0.440. The Morgan fingerprint density at radius 1 is 1.22 bits per heavy atom. The van der Waals surface area contributed by atoms with Gasteiger partial charge in [0.25, 0.3) is 0 Å². The number of fused-ring (bicyclic) bond motifs is 1. The average Bonchev–Trinajstić information content (AvgIpc) is 2.70. The van der Waals surface area contributed by atoms with Gasteiger partial charge in [0, 0.05) is 18.8 Å². The van der Waals surface area contributed by atoms with Crippen LogP contribution in [0.15, 0.2) is 29.3 Å². The molecule has 0 aromatic heterocycles. The van der Waals surface area contributed by atoms with E-state index in [1.165, 1.54) is 10.7 Å². The molecular formula is C13H16ClFN2S. The summed E-state index contributed by atoms with van der Waals surface area (Å²) in [5, 5.41) is 1.20. The van der Waals surface area contributed by atoms with E-state index in [0.717, 1.165) is 31.8 Å². The Morgan fingerprint density at radius 3 is 2.78 bits per heavy atom. The first-order valence-corrected chi connectivity index (χ1v) is 6.99. The minimum absolute atomic E-state index is 0. The van der Waals surface area contributed by atoms with E-state index in [-0.39, 0.29) is 18.2 Å². The van der Waals surface area contributed by atoms with E-state index in [1.54, 1.807) is 12.1 Å². The number of amidine groups is 1. The molecule has 1 aromatic rings. The van der Waals surface area contributed by atoms with Crippen molar-refractivity contribution in [1.82, 2.24) is 4.90 Å². The fourth-order valence-corrected chi connectivity index (χ4v) is 3.63. The Kier molecular flexibility index (Phi) is 4.51. The molecule has 2 heterocycles. The van der Waals surface area contributed by atoms with Gasteiger partial charge in [-0.2, -0.15) is 0 Å². The summed E-state index contributed by atoms with van der Waals surface area (Å²) in [5.41, 5.74) is 1.25. The zero-order valence-corrected chi connectivity index (χ0v) is 11.6. The fraction of sp³-hybridized carbons (Fsp3) is 0.462. The summed E-state index contributed by atoms with van der Waals surface area (Å²) < 4.78 is 12.9. The van der Waals surface area contributed by atoms with Gasteiger partial charge >= 0.3 is 0 Å². The second-order valence-corrected chi connectivity index (χ2v) is 5.49. The van der Waals surface area contributed by atoms with Crippen LogP contribution in [0.4, 0.5) is 4.39 Å². The van der Waals surface area contributed by atoms with Crippen molar-refractivity contribution in [2.24, 2.45) is 4.99 Å². The van der Waals surface area contributed by atoms with Crippen LogP contribution < -0.4 is 0 Å². The minimum Gasteiger partial charge on any atom is -0.350 e. The lowest BCUT2D eigenvalue weighted by Crippen LogP contribution is -2.25. The number of nitrogens with zero attached hydrogens (tertiary/aromatic N) is 2. The van der Waals surface area contributed by atoms with Gasteiger partial charge in [0.1, 0.15) is 5.82 Å². The predicted molar refractivity (Wildman–Crippen MR) is 77.3 cm³/mol. The van der Waals surface area contributed by atoms with Crippen molar-refractivity contribution in [3.05, 3.63) is 35.6 Å². The maximum Gasteiger partial charge on any atom is 0.159 e. The molecule has 18 heavy (non-hydrogen) atoms. The summed E-state index contributed by atoms with van der Waals surface area (Å²) in [5.74, 6) is 1.43. The predicted octanol–water partition coefficient (Wildman–Crippen LogP) is 3.14. The normalized spacial score (nSPS) is 22.8. The highest BCUT2D eigenvalue weighted by molar-refractivity contribution is 8.13. The average molecular weight is 287 g/mol. The molecule has 3 rings (SSSR count). The highest BCUT2D eigenvalue weighted by Crippen LogP contribution is 2.30. The summed E-state index contributed by atoms with van der Waals surface area (Å²) in [7, 11) is 0. The summed E-state index contributed by atoms with van der Waals surface area (Å²) >= 11 is 1.84. The molecule has 0 aliphatic carbocycles. The van der Waals surface area contributed by atoms with Gasteiger partial charge in [-0.15, -0.1) is 12.4 Å². The second kappa shape index (κ2) is 5.93. The zero-order chi connectivity index (χ0) is 11.7. The summed E-state index contributed by atoms with van der Waals surface area (Å²) in [6.07, 6.45) is 1.14. The number of hydrogen-bond donors (Lipinski definition) is 0. The molecule has 0 radical (unpaired) electrons. The van der Waals surface area contributed by atoms with Crippen LogP contribution >= 0.6 is 24.2 Å². The molecule has 1 aromatic carbocycles. The Labute approximate surface area is 117 Å². The number of halogens is 2.